The second kappa shape index (κ2) is 29.5. The molecule has 386 valence electrons. The van der Waals surface area contributed by atoms with Gasteiger partial charge in [0, 0.05) is 38.8 Å². The minimum absolute atomic E-state index is 0.0329. The van der Waals surface area contributed by atoms with Crippen molar-refractivity contribution in [3.63, 3.8) is 0 Å². The molecule has 0 radical (unpaired) electrons. The van der Waals surface area contributed by atoms with Gasteiger partial charge in [0.1, 0.15) is 36.3 Å². The van der Waals surface area contributed by atoms with Crippen molar-refractivity contribution < 1.29 is 48.3 Å². The van der Waals surface area contributed by atoms with Crippen molar-refractivity contribution in [2.24, 2.45) is 11.5 Å². The van der Waals surface area contributed by atoms with Gasteiger partial charge in [-0.3, -0.25) is 54.0 Å². The molecule has 1 fully saturated rings. The summed E-state index contributed by atoms with van der Waals surface area (Å²) in [5, 5.41) is 50.3. The molecule has 72 heavy (non-hydrogen) atoms. The minimum Gasteiger partial charge on any atom is -0.481 e. The SMILES string of the molecule is N=C(N)NCCC[C@@H]1NC(=O)CNC(=O)[C@H](Cc2ccccc2)NC(=O)[C@@H](Cc2ccccc2)NC(=O)[C@H](Cc2ccccc2)NC(=O)[C@H](CCC(=O)O)NC(=O)[C@H](CCCNC(=N)N)NC(=O)CNC1=O. The number of benzene rings is 3. The fraction of sp³-hybridized carbons (Fsp3) is 0.396. The number of carbonyl (C=O) groups is 9. The quantitative estimate of drug-likeness (QED) is 0.0371. The fourth-order valence-corrected chi connectivity index (χ4v) is 7.47. The van der Waals surface area contributed by atoms with E-state index in [0.717, 1.165) is 0 Å². The number of hydrogen-bond donors (Lipinski definition) is 15. The van der Waals surface area contributed by atoms with E-state index in [1.54, 1.807) is 91.0 Å². The van der Waals surface area contributed by atoms with Gasteiger partial charge in [-0.05, 0) is 48.8 Å². The number of hydrogen-bond acceptors (Lipinski definition) is 11. The van der Waals surface area contributed by atoms with Gasteiger partial charge in [-0.25, -0.2) is 0 Å². The molecule has 17 N–H and O–H groups in total. The van der Waals surface area contributed by atoms with Gasteiger partial charge in [0.15, 0.2) is 11.9 Å². The van der Waals surface area contributed by atoms with Gasteiger partial charge in [0.2, 0.25) is 47.3 Å². The highest BCUT2D eigenvalue weighted by Gasteiger charge is 2.34. The molecule has 6 atom stereocenters. The van der Waals surface area contributed by atoms with Crippen molar-refractivity contribution in [1.82, 2.24) is 53.2 Å². The predicted molar refractivity (Wildman–Crippen MR) is 263 cm³/mol. The zero-order chi connectivity index (χ0) is 52.4. The molecule has 0 bridgehead atoms. The summed E-state index contributed by atoms with van der Waals surface area (Å²) >= 11 is 0. The van der Waals surface area contributed by atoms with Gasteiger partial charge in [-0.15, -0.1) is 0 Å². The molecule has 4 rings (SSSR count). The van der Waals surface area contributed by atoms with Crippen molar-refractivity contribution in [2.75, 3.05) is 26.2 Å². The van der Waals surface area contributed by atoms with Crippen LogP contribution >= 0.6 is 0 Å². The molecular formula is C48H64N14O10. The summed E-state index contributed by atoms with van der Waals surface area (Å²) in [5.74, 6) is -8.88. The number of guanidine groups is 2. The van der Waals surface area contributed by atoms with Crippen LogP contribution in [0.1, 0.15) is 55.2 Å². The minimum atomic E-state index is -1.60. The molecule has 0 spiro atoms. The first-order chi connectivity index (χ1) is 34.5. The zero-order valence-corrected chi connectivity index (χ0v) is 39.6. The number of carboxylic acids is 1. The van der Waals surface area contributed by atoms with E-state index in [1.807, 2.05) is 0 Å². The molecule has 3 aromatic carbocycles. The van der Waals surface area contributed by atoms with E-state index in [9.17, 15) is 48.3 Å². The topological polar surface area (TPSA) is 394 Å². The Labute approximate surface area is 415 Å². The van der Waals surface area contributed by atoms with Gasteiger partial charge in [-0.2, -0.15) is 0 Å². The Morgan fingerprint density at radius 1 is 0.472 bits per heavy atom. The first-order valence-electron chi connectivity index (χ1n) is 23.3. The molecule has 0 unspecified atom stereocenters. The molecular weight excluding hydrogens is 933 g/mol. The Kier molecular flexibility index (Phi) is 22.9. The number of rotatable bonds is 17. The van der Waals surface area contributed by atoms with Crippen LogP contribution in [-0.2, 0) is 62.4 Å². The van der Waals surface area contributed by atoms with Gasteiger partial charge in [0.05, 0.1) is 13.1 Å². The smallest absolute Gasteiger partial charge is 0.303 e. The first kappa shape index (κ1) is 56.0. The van der Waals surface area contributed by atoms with Crippen LogP contribution in [0.4, 0.5) is 0 Å². The Morgan fingerprint density at radius 2 is 0.778 bits per heavy atom. The lowest BCUT2D eigenvalue weighted by Crippen LogP contribution is -2.60. The highest BCUT2D eigenvalue weighted by molar-refractivity contribution is 5.98. The summed E-state index contributed by atoms with van der Waals surface area (Å²) in [6.07, 6.45) is -1.17. The standard InChI is InChI=1S/C48H64N14O10/c49-47(50)53-22-10-18-32-41(67)55-27-39(64)58-33(19-11-23-54-48(51)52)43(69)59-34(20-21-40(65)66)44(70)61-36(25-30-14-6-2-7-15-30)46(72)62-37(26-31-16-8-3-9-17-31)45(71)60-35(24-29-12-4-1-5-13-29)42(68)56-28-38(63)57-32/h1-9,12-17,32-37H,10-11,18-28H2,(H,55,67)(H,56,68)(H,57,63)(H,58,64)(H,59,69)(H,60,71)(H,61,70)(H,62,72)(H,65,66)(H4,49,50,53)(H4,51,52,54)/t32-,33-,34-,35-,36-,37+/m0/s1. The number of amides is 8. The lowest BCUT2D eigenvalue weighted by molar-refractivity contribution is -0.138. The van der Waals surface area contributed by atoms with Crippen LogP contribution in [-0.4, -0.2) is 133 Å². The summed E-state index contributed by atoms with van der Waals surface area (Å²) in [4.78, 5) is 124. The van der Waals surface area contributed by atoms with E-state index in [4.69, 9.17) is 22.3 Å². The zero-order valence-electron chi connectivity index (χ0n) is 39.6. The second-order valence-corrected chi connectivity index (χ2v) is 16.9. The lowest BCUT2D eigenvalue weighted by atomic mass is 10.0. The van der Waals surface area contributed by atoms with Crippen molar-refractivity contribution in [3.05, 3.63) is 108 Å². The number of carbonyl (C=O) groups excluding carboxylic acids is 8. The third-order valence-corrected chi connectivity index (χ3v) is 11.1. The van der Waals surface area contributed by atoms with E-state index < -0.39 is 115 Å². The largest absolute Gasteiger partial charge is 0.481 e. The van der Waals surface area contributed by atoms with Crippen LogP contribution in [0, 0.1) is 10.8 Å². The molecule has 1 aliphatic rings. The normalized spacial score (nSPS) is 21.1. The summed E-state index contributed by atoms with van der Waals surface area (Å²) < 4.78 is 0. The van der Waals surface area contributed by atoms with Gasteiger partial charge in [-0.1, -0.05) is 91.0 Å². The number of nitrogens with one attached hydrogen (secondary N) is 12. The Hall–Kier alpha value is -8.57. The predicted octanol–water partition coefficient (Wildman–Crippen LogP) is -2.74. The first-order valence-corrected chi connectivity index (χ1v) is 23.3. The van der Waals surface area contributed by atoms with Crippen LogP contribution in [0.25, 0.3) is 0 Å². The van der Waals surface area contributed by atoms with E-state index in [1.165, 1.54) is 0 Å². The molecule has 1 saturated heterocycles. The van der Waals surface area contributed by atoms with Crippen LogP contribution in [0.3, 0.4) is 0 Å². The van der Waals surface area contributed by atoms with Crippen LogP contribution in [0.5, 0.6) is 0 Å². The molecule has 1 aliphatic heterocycles. The average molecular weight is 997 g/mol. The number of aliphatic carboxylic acids is 1. The second-order valence-electron chi connectivity index (χ2n) is 16.9. The molecule has 0 saturated carbocycles. The highest BCUT2D eigenvalue weighted by Crippen LogP contribution is 2.11. The molecule has 1 heterocycles. The van der Waals surface area contributed by atoms with E-state index >= 15 is 0 Å². The van der Waals surface area contributed by atoms with Crippen molar-refractivity contribution in [3.8, 4) is 0 Å². The number of nitrogens with two attached hydrogens (primary N) is 2. The molecule has 0 aliphatic carbocycles. The van der Waals surface area contributed by atoms with E-state index in [2.05, 4.69) is 53.2 Å². The van der Waals surface area contributed by atoms with E-state index in [0.29, 0.717) is 16.7 Å². The van der Waals surface area contributed by atoms with Crippen molar-refractivity contribution in [1.29, 1.82) is 10.8 Å². The van der Waals surface area contributed by atoms with Crippen LogP contribution < -0.4 is 64.6 Å². The van der Waals surface area contributed by atoms with Crippen LogP contribution in [0.2, 0.25) is 0 Å². The monoisotopic (exact) mass is 996 g/mol. The maximum atomic E-state index is 14.5. The lowest BCUT2D eigenvalue weighted by Gasteiger charge is -2.27. The molecule has 0 aromatic heterocycles. The maximum absolute atomic E-state index is 14.5. The molecule has 8 amide bonds. The van der Waals surface area contributed by atoms with Gasteiger partial charge >= 0.3 is 5.97 Å². The Morgan fingerprint density at radius 3 is 1.14 bits per heavy atom. The highest BCUT2D eigenvalue weighted by atomic mass is 16.4. The summed E-state index contributed by atoms with van der Waals surface area (Å²) in [6.45, 7) is -1.16. The van der Waals surface area contributed by atoms with E-state index in [-0.39, 0.29) is 70.0 Å². The number of carboxylic acid groups (broad SMARTS) is 1. The van der Waals surface area contributed by atoms with Gasteiger partial charge in [0.25, 0.3) is 0 Å². The summed E-state index contributed by atoms with van der Waals surface area (Å²) in [7, 11) is 0. The summed E-state index contributed by atoms with van der Waals surface area (Å²) in [5.41, 5.74) is 12.6. The Bertz CT molecular complexity index is 2360. The van der Waals surface area contributed by atoms with Crippen molar-refractivity contribution >= 4 is 65.1 Å². The molecule has 24 heteroatoms. The molecule has 24 nitrogen and oxygen atoms in total. The maximum Gasteiger partial charge on any atom is 0.303 e. The average Bonchev–Trinajstić information content (AvgIpc) is 3.35. The van der Waals surface area contributed by atoms with Crippen LogP contribution in [0.15, 0.2) is 91.0 Å². The molecule has 3 aromatic rings. The Balaban J connectivity index is 1.77. The van der Waals surface area contributed by atoms with Gasteiger partial charge < -0.3 is 69.7 Å². The third-order valence-electron chi connectivity index (χ3n) is 11.1. The van der Waals surface area contributed by atoms with Crippen molar-refractivity contribution in [2.45, 2.75) is 94.0 Å². The summed E-state index contributed by atoms with van der Waals surface area (Å²) in [6, 6.07) is 17.4. The fourth-order valence-electron chi connectivity index (χ4n) is 7.47. The third kappa shape index (κ3) is 20.6.